The van der Waals surface area contributed by atoms with Crippen LogP contribution in [0.4, 0.5) is 5.69 Å². The average Bonchev–Trinajstić information content (AvgIpc) is 3.47. The summed E-state index contributed by atoms with van der Waals surface area (Å²) in [6.07, 6.45) is 1.64. The third kappa shape index (κ3) is 3.23. The molecule has 3 heterocycles. The number of hydrogen-bond acceptors (Lipinski definition) is 6. The van der Waals surface area contributed by atoms with Crippen LogP contribution in [0.15, 0.2) is 75.9 Å². The second kappa shape index (κ2) is 7.82. The van der Waals surface area contributed by atoms with E-state index in [2.05, 4.69) is 21.4 Å². The Bertz CT molecular complexity index is 1930. The summed E-state index contributed by atoms with van der Waals surface area (Å²) in [7, 11) is 0. The fraction of sp³-hybridized carbons (Fsp3) is 0.0714. The molecule has 0 saturated heterocycles. The number of rotatable bonds is 3. The van der Waals surface area contributed by atoms with Crippen molar-refractivity contribution >= 4 is 39.7 Å². The summed E-state index contributed by atoms with van der Waals surface area (Å²) in [5.41, 5.74) is 6.79. The molecule has 0 aliphatic heterocycles. The Kier molecular flexibility index (Phi) is 4.61. The van der Waals surface area contributed by atoms with E-state index in [0.29, 0.717) is 38.9 Å². The van der Waals surface area contributed by atoms with Crippen molar-refractivity contribution in [2.24, 2.45) is 0 Å². The standard InChI is InChI=1S/C28H19N5O2/c1-16-6-5-9-24-25(16)32-27(35-24)18-10-12-19(13-11-18)30-15-21-17(2)20(14-29)26-31-22-7-3-4-8-23(22)33(26)28(21)34/h3-13,15,30H,1-2H3. The van der Waals surface area contributed by atoms with Crippen molar-refractivity contribution in [3.8, 4) is 17.5 Å². The van der Waals surface area contributed by atoms with E-state index in [1.165, 1.54) is 4.40 Å². The van der Waals surface area contributed by atoms with E-state index < -0.39 is 0 Å². The van der Waals surface area contributed by atoms with Crippen LogP contribution in [0, 0.1) is 25.2 Å². The molecule has 6 aromatic rings. The summed E-state index contributed by atoms with van der Waals surface area (Å²) in [4.78, 5) is 22.5. The first-order chi connectivity index (χ1) is 17.0. The van der Waals surface area contributed by atoms with Crippen LogP contribution in [0.3, 0.4) is 0 Å². The third-order valence-electron chi connectivity index (χ3n) is 6.24. The normalized spacial score (nSPS) is 12.0. The molecule has 0 spiro atoms. The van der Waals surface area contributed by atoms with Gasteiger partial charge >= 0.3 is 0 Å². The summed E-state index contributed by atoms with van der Waals surface area (Å²) in [6.45, 7) is 3.77. The van der Waals surface area contributed by atoms with Gasteiger partial charge in [0.2, 0.25) is 5.89 Å². The van der Waals surface area contributed by atoms with Crippen molar-refractivity contribution in [2.45, 2.75) is 13.8 Å². The van der Waals surface area contributed by atoms with Gasteiger partial charge in [-0.3, -0.25) is 9.20 Å². The van der Waals surface area contributed by atoms with E-state index in [1.807, 2.05) is 73.7 Å². The monoisotopic (exact) mass is 457 g/mol. The molecular formula is C28H19N5O2. The van der Waals surface area contributed by atoms with Gasteiger partial charge in [0.1, 0.15) is 11.6 Å². The molecule has 6 rings (SSSR count). The molecule has 0 fully saturated rings. The fourth-order valence-corrected chi connectivity index (χ4v) is 4.36. The zero-order chi connectivity index (χ0) is 24.1. The summed E-state index contributed by atoms with van der Waals surface area (Å²) in [5.74, 6) is 0.554. The Labute approximate surface area is 199 Å². The summed E-state index contributed by atoms with van der Waals surface area (Å²) < 4.78 is 7.42. The van der Waals surface area contributed by atoms with Gasteiger partial charge in [-0.2, -0.15) is 5.26 Å². The molecule has 168 valence electrons. The van der Waals surface area contributed by atoms with Gasteiger partial charge in [-0.1, -0.05) is 24.3 Å². The van der Waals surface area contributed by atoms with Gasteiger partial charge in [-0.05, 0) is 67.4 Å². The summed E-state index contributed by atoms with van der Waals surface area (Å²) >= 11 is 0. The molecule has 0 aliphatic rings. The number of nitrogens with zero attached hydrogens (tertiary/aromatic N) is 4. The van der Waals surface area contributed by atoms with Gasteiger partial charge in [-0.25, -0.2) is 9.97 Å². The highest BCUT2D eigenvalue weighted by atomic mass is 16.3. The maximum absolute atomic E-state index is 13.4. The highest BCUT2D eigenvalue weighted by molar-refractivity contribution is 5.83. The van der Waals surface area contributed by atoms with Gasteiger partial charge in [0, 0.05) is 17.5 Å². The van der Waals surface area contributed by atoms with E-state index in [9.17, 15) is 10.1 Å². The van der Waals surface area contributed by atoms with Crippen LogP contribution in [0.2, 0.25) is 0 Å². The molecule has 0 unspecified atom stereocenters. The van der Waals surface area contributed by atoms with Crippen molar-refractivity contribution in [2.75, 3.05) is 5.32 Å². The number of fused-ring (bicyclic) bond motifs is 4. The molecule has 35 heavy (non-hydrogen) atoms. The predicted molar refractivity (Wildman–Crippen MR) is 136 cm³/mol. The minimum atomic E-state index is -0.226. The zero-order valence-electron chi connectivity index (χ0n) is 19.0. The lowest BCUT2D eigenvalue weighted by Crippen LogP contribution is -2.34. The van der Waals surface area contributed by atoms with Gasteiger partial charge in [0.05, 0.1) is 21.8 Å². The molecule has 0 atom stereocenters. The number of para-hydroxylation sites is 3. The van der Waals surface area contributed by atoms with E-state index in [0.717, 1.165) is 27.9 Å². The maximum Gasteiger partial charge on any atom is 0.265 e. The van der Waals surface area contributed by atoms with E-state index in [4.69, 9.17) is 4.42 Å². The van der Waals surface area contributed by atoms with Crippen molar-refractivity contribution in [3.63, 3.8) is 0 Å². The van der Waals surface area contributed by atoms with E-state index in [-0.39, 0.29) is 5.56 Å². The second-order valence-electron chi connectivity index (χ2n) is 8.40. The highest BCUT2D eigenvalue weighted by Crippen LogP contribution is 2.27. The Morgan fingerprint density at radius 1 is 1.00 bits per heavy atom. The smallest absolute Gasteiger partial charge is 0.265 e. The largest absolute Gasteiger partial charge is 0.436 e. The number of imidazole rings is 1. The number of nitrogens with one attached hydrogen (secondary N) is 1. The number of pyridine rings is 1. The second-order valence-corrected chi connectivity index (χ2v) is 8.40. The van der Waals surface area contributed by atoms with Gasteiger partial charge in [0.15, 0.2) is 11.2 Å². The van der Waals surface area contributed by atoms with Crippen LogP contribution in [-0.2, 0) is 0 Å². The molecule has 7 nitrogen and oxygen atoms in total. The van der Waals surface area contributed by atoms with Crippen LogP contribution >= 0.6 is 0 Å². The van der Waals surface area contributed by atoms with Crippen molar-refractivity contribution < 1.29 is 4.42 Å². The number of hydrogen-bond donors (Lipinski definition) is 1. The van der Waals surface area contributed by atoms with Crippen molar-refractivity contribution in [3.05, 3.63) is 99.0 Å². The maximum atomic E-state index is 13.4. The molecule has 3 aromatic carbocycles. The lowest BCUT2D eigenvalue weighted by molar-refractivity contribution is 0.620. The van der Waals surface area contributed by atoms with Crippen LogP contribution in [0.25, 0.3) is 45.4 Å². The van der Waals surface area contributed by atoms with Gasteiger partial charge < -0.3 is 9.73 Å². The Balaban J connectivity index is 1.40. The molecule has 0 aliphatic carbocycles. The number of oxazole rings is 1. The third-order valence-corrected chi connectivity index (χ3v) is 6.24. The molecule has 0 amide bonds. The SMILES string of the molecule is Cc1c(C#N)c2nc3ccccc3n2c(=O)c1=CNc1ccc(-c2nc3c(C)cccc3o2)cc1. The average molecular weight is 457 g/mol. The number of aromatic nitrogens is 3. The first kappa shape index (κ1) is 20.6. The predicted octanol–water partition coefficient (Wildman–Crippen LogP) is 4.71. The first-order valence-electron chi connectivity index (χ1n) is 11.1. The number of aryl methyl sites for hydroxylation is 1. The lowest BCUT2D eigenvalue weighted by atomic mass is 10.1. The van der Waals surface area contributed by atoms with E-state index in [1.54, 1.807) is 13.1 Å². The number of benzene rings is 3. The molecule has 0 bridgehead atoms. The Hall–Kier alpha value is -4.96. The topological polar surface area (TPSA) is 96.2 Å². The van der Waals surface area contributed by atoms with Crippen molar-refractivity contribution in [1.29, 1.82) is 5.26 Å². The van der Waals surface area contributed by atoms with Crippen LogP contribution in [0.1, 0.15) is 16.7 Å². The first-order valence-corrected chi connectivity index (χ1v) is 11.1. The Morgan fingerprint density at radius 3 is 2.57 bits per heavy atom. The number of anilines is 1. The Morgan fingerprint density at radius 2 is 1.80 bits per heavy atom. The molecular weight excluding hydrogens is 438 g/mol. The molecule has 0 saturated carbocycles. The minimum Gasteiger partial charge on any atom is -0.436 e. The molecule has 7 heteroatoms. The van der Waals surface area contributed by atoms with Crippen molar-refractivity contribution in [1.82, 2.24) is 14.4 Å². The zero-order valence-corrected chi connectivity index (χ0v) is 19.0. The van der Waals surface area contributed by atoms with Crippen LogP contribution < -0.4 is 16.1 Å². The number of nitriles is 1. The highest BCUT2D eigenvalue weighted by Gasteiger charge is 2.16. The summed E-state index contributed by atoms with van der Waals surface area (Å²) in [5, 5.41) is 13.4. The van der Waals surface area contributed by atoms with Crippen LogP contribution in [0.5, 0.6) is 0 Å². The molecule has 3 aromatic heterocycles. The van der Waals surface area contributed by atoms with Gasteiger partial charge in [-0.15, -0.1) is 0 Å². The minimum absolute atomic E-state index is 0.226. The molecule has 1 N–H and O–H groups in total. The quantitative estimate of drug-likeness (QED) is 0.413. The van der Waals surface area contributed by atoms with Crippen LogP contribution in [-0.4, -0.2) is 14.4 Å². The summed E-state index contributed by atoms with van der Waals surface area (Å²) in [6, 6.07) is 23.1. The fourth-order valence-electron chi connectivity index (χ4n) is 4.36. The molecule has 0 radical (unpaired) electrons. The van der Waals surface area contributed by atoms with Gasteiger partial charge in [0.25, 0.3) is 5.56 Å². The van der Waals surface area contributed by atoms with E-state index >= 15 is 0 Å². The lowest BCUT2D eigenvalue weighted by Gasteiger charge is -2.05.